The van der Waals surface area contributed by atoms with E-state index in [-0.39, 0.29) is 18.5 Å². The molecule has 0 unspecified atom stereocenters. The number of esters is 1. The SMILES string of the molecule is O=C(COC(=O)C[C@@H]1C[C@@H]2CC[C@@H]1C2)Nc1ccccc1. The van der Waals surface area contributed by atoms with Gasteiger partial charge >= 0.3 is 5.97 Å². The zero-order valence-electron chi connectivity index (χ0n) is 12.1. The second-order valence-electron chi connectivity index (χ2n) is 6.21. The predicted molar refractivity (Wildman–Crippen MR) is 79.6 cm³/mol. The van der Waals surface area contributed by atoms with Crippen LogP contribution in [0, 0.1) is 17.8 Å². The average molecular weight is 287 g/mol. The lowest BCUT2D eigenvalue weighted by atomic mass is 9.86. The van der Waals surface area contributed by atoms with Crippen LogP contribution in [0.3, 0.4) is 0 Å². The summed E-state index contributed by atoms with van der Waals surface area (Å²) in [4.78, 5) is 23.5. The lowest BCUT2D eigenvalue weighted by Crippen LogP contribution is -2.23. The van der Waals surface area contributed by atoms with Crippen LogP contribution in [0.25, 0.3) is 0 Å². The van der Waals surface area contributed by atoms with Gasteiger partial charge in [0.25, 0.3) is 5.91 Å². The number of fused-ring (bicyclic) bond motifs is 2. The lowest BCUT2D eigenvalue weighted by molar-refractivity contribution is -0.148. The number of carbonyl (C=O) groups excluding carboxylic acids is 2. The molecule has 1 amide bonds. The summed E-state index contributed by atoms with van der Waals surface area (Å²) in [7, 11) is 0. The number of amides is 1. The van der Waals surface area contributed by atoms with Crippen LogP contribution >= 0.6 is 0 Å². The Bertz CT molecular complexity index is 514. The van der Waals surface area contributed by atoms with Gasteiger partial charge in [0.15, 0.2) is 6.61 Å². The standard InChI is InChI=1S/C17H21NO3/c19-16(18-15-4-2-1-3-5-15)11-21-17(20)10-14-9-12-6-7-13(14)8-12/h1-5,12-14H,6-11H2,(H,18,19)/t12-,13-,14+/m1/s1. The monoisotopic (exact) mass is 287 g/mol. The van der Waals surface area contributed by atoms with Gasteiger partial charge in [-0.05, 0) is 49.1 Å². The number of hydrogen-bond acceptors (Lipinski definition) is 3. The zero-order valence-corrected chi connectivity index (χ0v) is 12.1. The van der Waals surface area contributed by atoms with Crippen molar-refractivity contribution in [2.45, 2.75) is 32.1 Å². The number of anilines is 1. The minimum absolute atomic E-state index is 0.200. The van der Waals surface area contributed by atoms with Crippen molar-refractivity contribution in [3.05, 3.63) is 30.3 Å². The summed E-state index contributed by atoms with van der Waals surface area (Å²) in [5, 5.41) is 2.70. The van der Waals surface area contributed by atoms with E-state index in [1.54, 1.807) is 12.1 Å². The topological polar surface area (TPSA) is 55.4 Å². The molecule has 1 aromatic carbocycles. The first kappa shape index (κ1) is 14.1. The Morgan fingerprint density at radius 3 is 2.62 bits per heavy atom. The van der Waals surface area contributed by atoms with Gasteiger partial charge in [0, 0.05) is 12.1 Å². The number of nitrogens with one attached hydrogen (secondary N) is 1. The number of hydrogen-bond donors (Lipinski definition) is 1. The molecule has 0 heterocycles. The van der Waals surface area contributed by atoms with Crippen molar-refractivity contribution in [3.63, 3.8) is 0 Å². The summed E-state index contributed by atoms with van der Waals surface area (Å²) in [6, 6.07) is 9.17. The van der Waals surface area contributed by atoms with E-state index < -0.39 is 0 Å². The molecular formula is C17H21NO3. The molecule has 2 saturated carbocycles. The highest BCUT2D eigenvalue weighted by molar-refractivity contribution is 5.92. The zero-order chi connectivity index (χ0) is 14.7. The second kappa shape index (κ2) is 6.29. The van der Waals surface area contributed by atoms with Crippen LogP contribution < -0.4 is 5.32 Å². The highest BCUT2D eigenvalue weighted by Gasteiger charge is 2.40. The molecule has 2 bridgehead atoms. The molecule has 0 saturated heterocycles. The highest BCUT2D eigenvalue weighted by atomic mass is 16.5. The van der Waals surface area contributed by atoms with E-state index in [9.17, 15) is 9.59 Å². The van der Waals surface area contributed by atoms with Crippen molar-refractivity contribution in [3.8, 4) is 0 Å². The van der Waals surface area contributed by atoms with Gasteiger partial charge in [0.2, 0.25) is 0 Å². The average Bonchev–Trinajstić information content (AvgIpc) is 3.09. The van der Waals surface area contributed by atoms with Crippen LogP contribution in [0.15, 0.2) is 30.3 Å². The molecule has 21 heavy (non-hydrogen) atoms. The Kier molecular flexibility index (Phi) is 4.23. The molecule has 1 aromatic rings. The van der Waals surface area contributed by atoms with Gasteiger partial charge < -0.3 is 10.1 Å². The molecule has 4 nitrogen and oxygen atoms in total. The van der Waals surface area contributed by atoms with Gasteiger partial charge in [-0.25, -0.2) is 0 Å². The number of benzene rings is 1. The summed E-state index contributed by atoms with van der Waals surface area (Å²) >= 11 is 0. The summed E-state index contributed by atoms with van der Waals surface area (Å²) in [6.45, 7) is -0.200. The maximum Gasteiger partial charge on any atom is 0.306 e. The lowest BCUT2D eigenvalue weighted by Gasteiger charge is -2.20. The van der Waals surface area contributed by atoms with Crippen LogP contribution in [0.5, 0.6) is 0 Å². The van der Waals surface area contributed by atoms with Crippen LogP contribution in [-0.4, -0.2) is 18.5 Å². The van der Waals surface area contributed by atoms with E-state index in [4.69, 9.17) is 4.74 Å². The number of carbonyl (C=O) groups is 2. The molecule has 0 radical (unpaired) electrons. The van der Waals surface area contributed by atoms with Gasteiger partial charge in [0.1, 0.15) is 0 Å². The van der Waals surface area contributed by atoms with E-state index in [1.165, 1.54) is 19.3 Å². The van der Waals surface area contributed by atoms with Crippen molar-refractivity contribution in [2.75, 3.05) is 11.9 Å². The molecule has 1 N–H and O–H groups in total. The van der Waals surface area contributed by atoms with Crippen molar-refractivity contribution >= 4 is 17.6 Å². The Labute approximate surface area is 124 Å². The molecule has 2 aliphatic rings. The largest absolute Gasteiger partial charge is 0.456 e. The van der Waals surface area contributed by atoms with Crippen LogP contribution in [-0.2, 0) is 14.3 Å². The maximum absolute atomic E-state index is 11.8. The van der Waals surface area contributed by atoms with E-state index in [0.717, 1.165) is 12.3 Å². The smallest absolute Gasteiger partial charge is 0.306 e. The molecule has 3 atom stereocenters. The fourth-order valence-corrected chi connectivity index (χ4v) is 3.76. The second-order valence-corrected chi connectivity index (χ2v) is 6.21. The third-order valence-corrected chi connectivity index (χ3v) is 4.74. The van der Waals surface area contributed by atoms with Gasteiger partial charge in [-0.3, -0.25) is 9.59 Å². The number of rotatable bonds is 5. The molecule has 3 rings (SSSR count). The predicted octanol–water partition coefficient (Wildman–Crippen LogP) is 2.99. The summed E-state index contributed by atoms with van der Waals surface area (Å²) in [5.74, 6) is 1.49. The van der Waals surface area contributed by atoms with Crippen LogP contribution in [0.2, 0.25) is 0 Å². The van der Waals surface area contributed by atoms with Crippen LogP contribution in [0.4, 0.5) is 5.69 Å². The molecule has 0 spiro atoms. The van der Waals surface area contributed by atoms with E-state index in [0.29, 0.717) is 23.9 Å². The fraction of sp³-hybridized carbons (Fsp3) is 0.529. The first-order valence-corrected chi connectivity index (χ1v) is 7.71. The number of ether oxygens (including phenoxy) is 1. The number of para-hydroxylation sites is 1. The minimum Gasteiger partial charge on any atom is -0.456 e. The molecule has 112 valence electrons. The molecule has 0 aromatic heterocycles. The van der Waals surface area contributed by atoms with Crippen molar-refractivity contribution in [2.24, 2.45) is 17.8 Å². The Morgan fingerprint density at radius 1 is 1.14 bits per heavy atom. The van der Waals surface area contributed by atoms with Gasteiger partial charge in [-0.2, -0.15) is 0 Å². The van der Waals surface area contributed by atoms with Crippen molar-refractivity contribution in [1.29, 1.82) is 0 Å². The molecule has 4 heteroatoms. The fourth-order valence-electron chi connectivity index (χ4n) is 3.76. The Morgan fingerprint density at radius 2 is 1.95 bits per heavy atom. The van der Waals surface area contributed by atoms with E-state index >= 15 is 0 Å². The quantitative estimate of drug-likeness (QED) is 0.847. The van der Waals surface area contributed by atoms with E-state index in [2.05, 4.69) is 5.32 Å². The van der Waals surface area contributed by atoms with Crippen LogP contribution in [0.1, 0.15) is 32.1 Å². The van der Waals surface area contributed by atoms with Crippen molar-refractivity contribution < 1.29 is 14.3 Å². The first-order valence-electron chi connectivity index (χ1n) is 7.71. The first-order chi connectivity index (χ1) is 10.2. The molecular weight excluding hydrogens is 266 g/mol. The Balaban J connectivity index is 1.38. The highest BCUT2D eigenvalue weighted by Crippen LogP contribution is 2.49. The third-order valence-electron chi connectivity index (χ3n) is 4.74. The Hall–Kier alpha value is -1.84. The van der Waals surface area contributed by atoms with E-state index in [1.807, 2.05) is 18.2 Å². The molecule has 2 aliphatic carbocycles. The maximum atomic E-state index is 11.8. The minimum atomic E-state index is -0.289. The van der Waals surface area contributed by atoms with Crippen molar-refractivity contribution in [1.82, 2.24) is 0 Å². The third kappa shape index (κ3) is 3.63. The summed E-state index contributed by atoms with van der Waals surface area (Å²) < 4.78 is 5.09. The van der Waals surface area contributed by atoms with Gasteiger partial charge in [-0.1, -0.05) is 24.6 Å². The molecule has 0 aliphatic heterocycles. The van der Waals surface area contributed by atoms with Gasteiger partial charge in [0.05, 0.1) is 0 Å². The normalized spacial score (nSPS) is 26.6. The summed E-state index contributed by atoms with van der Waals surface area (Å²) in [5.41, 5.74) is 0.714. The molecule has 2 fully saturated rings. The summed E-state index contributed by atoms with van der Waals surface area (Å²) in [6.07, 6.45) is 5.51. The van der Waals surface area contributed by atoms with Gasteiger partial charge in [-0.15, -0.1) is 0 Å².